The van der Waals surface area contributed by atoms with Crippen molar-refractivity contribution in [3.63, 3.8) is 0 Å². The Morgan fingerprint density at radius 2 is 1.94 bits per heavy atom. The van der Waals surface area contributed by atoms with E-state index >= 15 is 0 Å². The largest absolute Gasteiger partial charge is 0.480 e. The van der Waals surface area contributed by atoms with Crippen LogP contribution in [0.25, 0.3) is 0 Å². The SMILES string of the molecule is C[C@@H]1[C@H]([C@H](C(=O)S)[C@@H](C)O)N[C@H](C(=O)O)[C@H]1S[C@@H]1CN[C@H](C(=O)Nc2cccc(C(=O)O)c2)C1. The van der Waals surface area contributed by atoms with Gasteiger partial charge in [-0.2, -0.15) is 11.8 Å². The first-order valence-corrected chi connectivity index (χ1v) is 12.3. The van der Waals surface area contributed by atoms with Crippen LogP contribution in [0.3, 0.4) is 0 Å². The van der Waals surface area contributed by atoms with E-state index in [-0.39, 0.29) is 27.9 Å². The summed E-state index contributed by atoms with van der Waals surface area (Å²) in [6.45, 7) is 3.83. The van der Waals surface area contributed by atoms with E-state index in [0.717, 1.165) is 0 Å². The number of aliphatic hydroxyl groups is 1. The van der Waals surface area contributed by atoms with Gasteiger partial charge in [0.25, 0.3) is 0 Å². The number of aliphatic carboxylic acids is 1. The summed E-state index contributed by atoms with van der Waals surface area (Å²) in [5, 5.41) is 36.9. The number of aliphatic hydroxyl groups excluding tert-OH is 1. The van der Waals surface area contributed by atoms with Gasteiger partial charge in [0.15, 0.2) is 5.12 Å². The Morgan fingerprint density at radius 3 is 2.53 bits per heavy atom. The summed E-state index contributed by atoms with van der Waals surface area (Å²) in [7, 11) is 0. The van der Waals surface area contributed by atoms with Crippen molar-refractivity contribution in [3.05, 3.63) is 29.8 Å². The van der Waals surface area contributed by atoms with Crippen LogP contribution in [-0.4, -0.2) is 79.6 Å². The van der Waals surface area contributed by atoms with Crippen LogP contribution in [0, 0.1) is 11.8 Å². The molecule has 0 saturated carbocycles. The monoisotopic (exact) mass is 511 g/mol. The number of carbonyl (C=O) groups is 4. The fourth-order valence-electron chi connectivity index (χ4n) is 4.66. The van der Waals surface area contributed by atoms with Gasteiger partial charge >= 0.3 is 11.9 Å². The number of nitrogens with one attached hydrogen (secondary N) is 3. The summed E-state index contributed by atoms with van der Waals surface area (Å²) in [6.07, 6.45) is -0.523. The van der Waals surface area contributed by atoms with Gasteiger partial charge < -0.3 is 26.0 Å². The maximum Gasteiger partial charge on any atom is 0.335 e. The number of carboxylic acid groups (broad SMARTS) is 2. The summed E-state index contributed by atoms with van der Waals surface area (Å²) in [5.74, 6) is -3.51. The Balaban J connectivity index is 1.64. The molecule has 0 aliphatic carbocycles. The number of amides is 1. The minimum atomic E-state index is -1.09. The van der Waals surface area contributed by atoms with Crippen molar-refractivity contribution in [3.8, 4) is 0 Å². The molecule has 0 bridgehead atoms. The lowest BCUT2D eigenvalue weighted by Gasteiger charge is -2.28. The summed E-state index contributed by atoms with van der Waals surface area (Å²) in [6, 6.07) is 4.00. The van der Waals surface area contributed by atoms with E-state index in [1.807, 2.05) is 6.92 Å². The minimum absolute atomic E-state index is 0.0485. The van der Waals surface area contributed by atoms with Crippen LogP contribution in [0.15, 0.2) is 24.3 Å². The summed E-state index contributed by atoms with van der Waals surface area (Å²) in [5.41, 5.74) is 0.448. The van der Waals surface area contributed by atoms with E-state index in [0.29, 0.717) is 18.7 Å². The summed E-state index contributed by atoms with van der Waals surface area (Å²) in [4.78, 5) is 47.7. The highest BCUT2D eigenvalue weighted by atomic mass is 32.2. The zero-order valence-electron chi connectivity index (χ0n) is 18.7. The summed E-state index contributed by atoms with van der Waals surface area (Å²) < 4.78 is 0. The third-order valence-corrected chi connectivity index (χ3v) is 8.43. The highest BCUT2D eigenvalue weighted by Crippen LogP contribution is 2.40. The molecule has 2 saturated heterocycles. The number of thioether (sulfide) groups is 1. The van der Waals surface area contributed by atoms with E-state index in [2.05, 4.69) is 28.6 Å². The smallest absolute Gasteiger partial charge is 0.335 e. The van der Waals surface area contributed by atoms with Crippen molar-refractivity contribution < 1.29 is 34.5 Å². The Hall–Kier alpha value is -2.12. The van der Waals surface area contributed by atoms with Gasteiger partial charge in [-0.1, -0.05) is 13.0 Å². The molecule has 2 heterocycles. The number of hydrogen-bond acceptors (Lipinski definition) is 8. The number of thiol groups is 1. The topological polar surface area (TPSA) is 165 Å². The number of hydrogen-bond donors (Lipinski definition) is 7. The Kier molecular flexibility index (Phi) is 8.63. The molecule has 1 amide bonds. The van der Waals surface area contributed by atoms with Crippen LogP contribution in [-0.2, 0) is 14.4 Å². The lowest BCUT2D eigenvalue weighted by molar-refractivity contribution is -0.139. The molecule has 1 aromatic rings. The standard InChI is InChI=1S/C22H29N3O7S2/c1-9-16(15(10(2)26)22(32)33)25-17(21(30)31)18(9)34-13-7-14(23-8-13)19(27)24-12-5-3-4-11(6-12)20(28)29/h3-6,9-10,13-18,23,25-26H,7-8H2,1-2H3,(H,24,27)(H,28,29)(H,30,31)(H,32,33)/t9-,10-,13+,14+,15-,16-,17+,18+/m1/s1. The zero-order valence-corrected chi connectivity index (χ0v) is 20.4. The van der Waals surface area contributed by atoms with Gasteiger partial charge in [0.2, 0.25) is 5.91 Å². The zero-order chi connectivity index (χ0) is 25.2. The molecule has 2 aliphatic rings. The van der Waals surface area contributed by atoms with Crippen LogP contribution in [0.5, 0.6) is 0 Å². The number of carbonyl (C=O) groups excluding carboxylic acids is 2. The fourth-order valence-corrected chi connectivity index (χ4v) is 6.74. The molecule has 34 heavy (non-hydrogen) atoms. The number of carboxylic acids is 2. The molecule has 6 N–H and O–H groups in total. The number of benzene rings is 1. The molecule has 1 aromatic carbocycles. The maximum absolute atomic E-state index is 12.7. The molecule has 2 fully saturated rings. The highest BCUT2D eigenvalue weighted by Gasteiger charge is 2.50. The maximum atomic E-state index is 12.7. The molecular weight excluding hydrogens is 482 g/mol. The first kappa shape index (κ1) is 26.5. The third-order valence-electron chi connectivity index (χ3n) is 6.38. The van der Waals surface area contributed by atoms with Gasteiger partial charge in [0.1, 0.15) is 6.04 Å². The molecular formula is C22H29N3O7S2. The van der Waals surface area contributed by atoms with E-state index in [4.69, 9.17) is 5.11 Å². The van der Waals surface area contributed by atoms with Crippen molar-refractivity contribution >= 4 is 53.0 Å². The number of anilines is 1. The average molecular weight is 512 g/mol. The Bertz CT molecular complexity index is 960. The van der Waals surface area contributed by atoms with Gasteiger partial charge in [-0.3, -0.25) is 19.7 Å². The van der Waals surface area contributed by atoms with Gasteiger partial charge in [-0.05, 0) is 37.5 Å². The first-order chi connectivity index (χ1) is 16.0. The minimum Gasteiger partial charge on any atom is -0.480 e. The number of rotatable bonds is 9. The highest BCUT2D eigenvalue weighted by molar-refractivity contribution is 8.00. The van der Waals surface area contributed by atoms with Gasteiger partial charge in [-0.15, -0.1) is 12.6 Å². The van der Waals surface area contributed by atoms with Crippen LogP contribution < -0.4 is 16.0 Å². The molecule has 186 valence electrons. The van der Waals surface area contributed by atoms with E-state index < -0.39 is 47.2 Å². The van der Waals surface area contributed by atoms with Crippen LogP contribution in [0.2, 0.25) is 0 Å². The second-order valence-corrected chi connectivity index (χ2v) is 10.7. The average Bonchev–Trinajstić information content (AvgIpc) is 3.34. The lowest BCUT2D eigenvalue weighted by atomic mass is 9.87. The Labute approximate surface area is 206 Å². The molecule has 12 heteroatoms. The van der Waals surface area contributed by atoms with Crippen molar-refractivity contribution in [1.29, 1.82) is 0 Å². The molecule has 0 spiro atoms. The van der Waals surface area contributed by atoms with Crippen LogP contribution in [0.1, 0.15) is 30.6 Å². The van der Waals surface area contributed by atoms with E-state index in [1.165, 1.54) is 30.8 Å². The van der Waals surface area contributed by atoms with Crippen molar-refractivity contribution in [2.75, 3.05) is 11.9 Å². The predicted octanol–water partition coefficient (Wildman–Crippen LogP) is 0.670. The van der Waals surface area contributed by atoms with E-state index in [9.17, 15) is 29.4 Å². The lowest BCUT2D eigenvalue weighted by Crippen LogP contribution is -2.46. The van der Waals surface area contributed by atoms with Gasteiger partial charge in [0, 0.05) is 28.8 Å². The number of aromatic carboxylic acids is 1. The molecule has 0 unspecified atom stereocenters. The molecule has 10 nitrogen and oxygen atoms in total. The predicted molar refractivity (Wildman–Crippen MR) is 130 cm³/mol. The molecule has 0 radical (unpaired) electrons. The normalized spacial score (nSPS) is 30.5. The third kappa shape index (κ3) is 5.92. The fraction of sp³-hybridized carbons (Fsp3) is 0.545. The van der Waals surface area contributed by atoms with Crippen LogP contribution >= 0.6 is 24.4 Å². The van der Waals surface area contributed by atoms with Gasteiger partial charge in [-0.25, -0.2) is 4.79 Å². The first-order valence-electron chi connectivity index (χ1n) is 10.9. The van der Waals surface area contributed by atoms with Crippen molar-refractivity contribution in [2.45, 2.75) is 55.0 Å². The summed E-state index contributed by atoms with van der Waals surface area (Å²) >= 11 is 5.34. The quantitative estimate of drug-likeness (QED) is 0.234. The second kappa shape index (κ2) is 11.1. The molecule has 0 aromatic heterocycles. The molecule has 8 atom stereocenters. The van der Waals surface area contributed by atoms with Gasteiger partial charge in [0.05, 0.1) is 23.6 Å². The van der Waals surface area contributed by atoms with Crippen LogP contribution in [0.4, 0.5) is 5.69 Å². The Morgan fingerprint density at radius 1 is 1.24 bits per heavy atom. The van der Waals surface area contributed by atoms with Crippen molar-refractivity contribution in [1.82, 2.24) is 10.6 Å². The second-order valence-electron chi connectivity index (χ2n) is 8.77. The van der Waals surface area contributed by atoms with Crippen molar-refractivity contribution in [2.24, 2.45) is 11.8 Å². The molecule has 2 aliphatic heterocycles. The molecule has 3 rings (SSSR count). The van der Waals surface area contributed by atoms with E-state index in [1.54, 1.807) is 12.1 Å².